The third-order valence-corrected chi connectivity index (χ3v) is 3.61. The van der Waals surface area contributed by atoms with E-state index in [1.165, 1.54) is 6.42 Å². The van der Waals surface area contributed by atoms with Crippen LogP contribution in [0.5, 0.6) is 0 Å². The number of likely N-dealkylation sites (tertiary alicyclic amines) is 1. The largest absolute Gasteiger partial charge is 0.383 e. The molecule has 1 aliphatic rings. The van der Waals surface area contributed by atoms with Gasteiger partial charge >= 0.3 is 0 Å². The fourth-order valence-electron chi connectivity index (χ4n) is 2.17. The Balaban J connectivity index is 2.47. The molecule has 15 heavy (non-hydrogen) atoms. The highest BCUT2D eigenvalue weighted by molar-refractivity contribution is 4.91. The van der Waals surface area contributed by atoms with Crippen LogP contribution in [0, 0.1) is 22.7 Å². The number of rotatable bonds is 4. The summed E-state index contributed by atoms with van der Waals surface area (Å²) in [6, 6.07) is 2.31. The van der Waals surface area contributed by atoms with Crippen molar-refractivity contribution in [2.75, 3.05) is 33.4 Å². The van der Waals surface area contributed by atoms with Crippen LogP contribution in [0.25, 0.3) is 0 Å². The normalized spacial score (nSPS) is 26.1. The number of hydrogen-bond acceptors (Lipinski definition) is 3. The maximum atomic E-state index is 8.82. The number of nitrogens with zero attached hydrogens (tertiary/aromatic N) is 2. The molecular weight excluding hydrogens is 188 g/mol. The van der Waals surface area contributed by atoms with Gasteiger partial charge in [0.05, 0.1) is 12.7 Å². The van der Waals surface area contributed by atoms with Gasteiger partial charge in [0.1, 0.15) is 0 Å². The van der Waals surface area contributed by atoms with E-state index in [-0.39, 0.29) is 0 Å². The van der Waals surface area contributed by atoms with Gasteiger partial charge in [0, 0.05) is 26.6 Å². The van der Waals surface area contributed by atoms with Crippen LogP contribution in [0.15, 0.2) is 0 Å². The van der Waals surface area contributed by atoms with Crippen molar-refractivity contribution in [2.45, 2.75) is 26.7 Å². The lowest BCUT2D eigenvalue weighted by atomic mass is 9.72. The quantitative estimate of drug-likeness (QED) is 0.711. The first-order chi connectivity index (χ1) is 7.10. The van der Waals surface area contributed by atoms with Gasteiger partial charge in [-0.2, -0.15) is 5.26 Å². The third kappa shape index (κ3) is 3.48. The van der Waals surface area contributed by atoms with Gasteiger partial charge in [0.15, 0.2) is 0 Å². The van der Waals surface area contributed by atoms with E-state index in [1.807, 2.05) is 0 Å². The van der Waals surface area contributed by atoms with Crippen LogP contribution in [-0.2, 0) is 4.74 Å². The molecule has 0 saturated carbocycles. The van der Waals surface area contributed by atoms with Crippen molar-refractivity contribution in [1.82, 2.24) is 4.90 Å². The number of nitriles is 1. The molecule has 0 aromatic carbocycles. The van der Waals surface area contributed by atoms with E-state index in [2.05, 4.69) is 24.8 Å². The van der Waals surface area contributed by atoms with Crippen molar-refractivity contribution >= 4 is 0 Å². The lowest BCUT2D eigenvalue weighted by Gasteiger charge is -2.43. The first-order valence-electron chi connectivity index (χ1n) is 5.68. The molecule has 0 amide bonds. The Kier molecular flexibility index (Phi) is 4.56. The molecule has 1 heterocycles. The van der Waals surface area contributed by atoms with Crippen molar-refractivity contribution in [2.24, 2.45) is 11.3 Å². The van der Waals surface area contributed by atoms with Crippen LogP contribution in [0.4, 0.5) is 0 Å². The lowest BCUT2D eigenvalue weighted by molar-refractivity contribution is 0.0457. The van der Waals surface area contributed by atoms with Crippen LogP contribution >= 0.6 is 0 Å². The molecular formula is C12H22N2O. The minimum absolute atomic E-state index is 0.319. The number of piperidine rings is 1. The maximum Gasteiger partial charge on any atom is 0.0625 e. The Hall–Kier alpha value is -0.590. The van der Waals surface area contributed by atoms with E-state index in [0.717, 1.165) is 26.2 Å². The standard InChI is InChI=1S/C12H22N2O/c1-12(2)5-7-14(8-9-15-3)10-11(12)4-6-13/h11H,4-5,7-10H2,1-3H3. The third-order valence-electron chi connectivity index (χ3n) is 3.61. The Morgan fingerprint density at radius 3 is 2.87 bits per heavy atom. The molecule has 3 nitrogen and oxygen atoms in total. The van der Waals surface area contributed by atoms with Crippen molar-refractivity contribution in [3.05, 3.63) is 0 Å². The second-order valence-corrected chi connectivity index (χ2v) is 5.09. The van der Waals surface area contributed by atoms with Crippen LogP contribution in [0.2, 0.25) is 0 Å². The van der Waals surface area contributed by atoms with Crippen LogP contribution in [-0.4, -0.2) is 38.3 Å². The minimum atomic E-state index is 0.319. The fraction of sp³-hybridized carbons (Fsp3) is 0.917. The summed E-state index contributed by atoms with van der Waals surface area (Å²) in [7, 11) is 1.74. The zero-order valence-corrected chi connectivity index (χ0v) is 10.1. The lowest BCUT2D eigenvalue weighted by Crippen LogP contribution is -2.45. The van der Waals surface area contributed by atoms with E-state index < -0.39 is 0 Å². The summed E-state index contributed by atoms with van der Waals surface area (Å²) in [6.07, 6.45) is 1.86. The SMILES string of the molecule is COCCN1CCC(C)(C)C(CC#N)C1. The van der Waals surface area contributed by atoms with E-state index in [9.17, 15) is 0 Å². The summed E-state index contributed by atoms with van der Waals surface area (Å²) in [5.74, 6) is 0.508. The first kappa shape index (κ1) is 12.5. The topological polar surface area (TPSA) is 36.3 Å². The molecule has 0 bridgehead atoms. The van der Waals surface area contributed by atoms with Gasteiger partial charge in [-0.25, -0.2) is 0 Å². The second-order valence-electron chi connectivity index (χ2n) is 5.09. The van der Waals surface area contributed by atoms with E-state index in [0.29, 0.717) is 17.8 Å². The van der Waals surface area contributed by atoms with E-state index >= 15 is 0 Å². The predicted octanol–water partition coefficient (Wildman–Crippen LogP) is 1.89. The van der Waals surface area contributed by atoms with Crippen LogP contribution in [0.1, 0.15) is 26.7 Å². The van der Waals surface area contributed by atoms with Gasteiger partial charge in [0.2, 0.25) is 0 Å². The Morgan fingerprint density at radius 1 is 1.53 bits per heavy atom. The predicted molar refractivity (Wildman–Crippen MR) is 60.4 cm³/mol. The van der Waals surface area contributed by atoms with Crippen molar-refractivity contribution in [1.29, 1.82) is 5.26 Å². The summed E-state index contributed by atoms with van der Waals surface area (Å²) in [5, 5.41) is 8.82. The first-order valence-corrected chi connectivity index (χ1v) is 5.68. The molecule has 0 radical (unpaired) electrons. The molecule has 86 valence electrons. The zero-order valence-electron chi connectivity index (χ0n) is 10.1. The summed E-state index contributed by atoms with van der Waals surface area (Å²) in [4.78, 5) is 2.41. The Labute approximate surface area is 93.0 Å². The number of methoxy groups -OCH3 is 1. The number of ether oxygens (including phenoxy) is 1. The summed E-state index contributed by atoms with van der Waals surface area (Å²) in [6.45, 7) is 8.53. The molecule has 0 aromatic rings. The molecule has 1 fully saturated rings. The van der Waals surface area contributed by atoms with Gasteiger partial charge in [-0.1, -0.05) is 13.8 Å². The van der Waals surface area contributed by atoms with E-state index in [4.69, 9.17) is 10.00 Å². The molecule has 0 N–H and O–H groups in total. The summed E-state index contributed by atoms with van der Waals surface area (Å²) < 4.78 is 5.09. The van der Waals surface area contributed by atoms with Gasteiger partial charge in [-0.15, -0.1) is 0 Å². The molecule has 3 heteroatoms. The molecule has 1 aliphatic heterocycles. The molecule has 1 saturated heterocycles. The highest BCUT2D eigenvalue weighted by atomic mass is 16.5. The minimum Gasteiger partial charge on any atom is -0.383 e. The molecule has 1 unspecified atom stereocenters. The van der Waals surface area contributed by atoms with Gasteiger partial charge in [0.25, 0.3) is 0 Å². The second kappa shape index (κ2) is 5.48. The van der Waals surface area contributed by atoms with Gasteiger partial charge in [-0.3, -0.25) is 0 Å². The van der Waals surface area contributed by atoms with Crippen LogP contribution < -0.4 is 0 Å². The highest BCUT2D eigenvalue weighted by Crippen LogP contribution is 2.37. The molecule has 0 aliphatic carbocycles. The van der Waals surface area contributed by atoms with Crippen LogP contribution in [0.3, 0.4) is 0 Å². The molecule has 0 aromatic heterocycles. The van der Waals surface area contributed by atoms with Gasteiger partial charge < -0.3 is 9.64 Å². The molecule has 1 rings (SSSR count). The smallest absolute Gasteiger partial charge is 0.0625 e. The average molecular weight is 210 g/mol. The number of hydrogen-bond donors (Lipinski definition) is 0. The monoisotopic (exact) mass is 210 g/mol. The summed E-state index contributed by atoms with van der Waals surface area (Å²) in [5.41, 5.74) is 0.319. The molecule has 0 spiro atoms. The summed E-state index contributed by atoms with van der Waals surface area (Å²) >= 11 is 0. The van der Waals surface area contributed by atoms with E-state index in [1.54, 1.807) is 7.11 Å². The van der Waals surface area contributed by atoms with Crippen molar-refractivity contribution in [3.8, 4) is 6.07 Å². The van der Waals surface area contributed by atoms with Crippen molar-refractivity contribution in [3.63, 3.8) is 0 Å². The van der Waals surface area contributed by atoms with Crippen molar-refractivity contribution < 1.29 is 4.74 Å². The molecule has 1 atom stereocenters. The highest BCUT2D eigenvalue weighted by Gasteiger charge is 2.34. The fourth-order valence-corrected chi connectivity index (χ4v) is 2.17. The maximum absolute atomic E-state index is 8.82. The van der Waals surface area contributed by atoms with Gasteiger partial charge in [-0.05, 0) is 24.3 Å². The Morgan fingerprint density at radius 2 is 2.27 bits per heavy atom. The zero-order chi connectivity index (χ0) is 11.3. The average Bonchev–Trinajstić information content (AvgIpc) is 2.19. The Bertz CT molecular complexity index is 232.